The van der Waals surface area contributed by atoms with Crippen LogP contribution in [0.3, 0.4) is 0 Å². The summed E-state index contributed by atoms with van der Waals surface area (Å²) in [5.41, 5.74) is 0.561. The van der Waals surface area contributed by atoms with Crippen LogP contribution in [-0.4, -0.2) is 93.9 Å². The lowest BCUT2D eigenvalue weighted by Gasteiger charge is -2.46. The monoisotopic (exact) mass is 483 g/mol. The van der Waals surface area contributed by atoms with Gasteiger partial charge in [0.2, 0.25) is 0 Å². The van der Waals surface area contributed by atoms with Crippen molar-refractivity contribution in [1.82, 2.24) is 24.6 Å². The molecule has 4 heterocycles. The Bertz CT molecular complexity index is 829. The highest BCUT2D eigenvalue weighted by Gasteiger charge is 2.57. The third-order valence-electron chi connectivity index (χ3n) is 8.39. The lowest BCUT2D eigenvalue weighted by Crippen LogP contribution is -2.59. The number of amides is 3. The van der Waals surface area contributed by atoms with Gasteiger partial charge < -0.3 is 14.7 Å². The molecule has 1 aromatic rings. The molecule has 0 aromatic carbocycles. The van der Waals surface area contributed by atoms with Gasteiger partial charge in [-0.1, -0.05) is 20.8 Å². The van der Waals surface area contributed by atoms with Crippen LogP contribution in [0, 0.1) is 5.92 Å². The maximum Gasteiger partial charge on any atom is 0.327 e. The minimum Gasteiger partial charge on any atom is -0.309 e. The van der Waals surface area contributed by atoms with Crippen molar-refractivity contribution in [3.63, 3.8) is 0 Å². The molecule has 7 heteroatoms. The summed E-state index contributed by atoms with van der Waals surface area (Å²) in [5.74, 6) is 0.558. The quantitative estimate of drug-likeness (QED) is 0.470. The fraction of sp³-hybridized carbons (Fsp3) is 0.750. The number of hydrogen-bond acceptors (Lipinski definition) is 5. The van der Waals surface area contributed by atoms with Gasteiger partial charge in [-0.2, -0.15) is 0 Å². The Morgan fingerprint density at radius 2 is 1.69 bits per heavy atom. The van der Waals surface area contributed by atoms with E-state index in [1.807, 2.05) is 17.0 Å². The molecule has 3 fully saturated rings. The molecule has 1 spiro atoms. The van der Waals surface area contributed by atoms with Crippen LogP contribution in [0.25, 0.3) is 0 Å². The molecule has 0 N–H and O–H groups in total. The highest BCUT2D eigenvalue weighted by molar-refractivity contribution is 6.07. The standard InChI is InChI=1S/C28H45N5O2/c1-4-16-30-18-10-25(11-19-30)31-21-12-28(13-22-31)26(34)32(27(35)33(28)20-9-23(2)3)17-5-6-24-7-14-29-15-8-24/h7-8,14-15,23,25H,4-6,9-13,16-22H2,1-3H3. The summed E-state index contributed by atoms with van der Waals surface area (Å²) in [7, 11) is 0. The number of piperidine rings is 2. The van der Waals surface area contributed by atoms with Crippen LogP contribution < -0.4 is 0 Å². The zero-order valence-corrected chi connectivity index (χ0v) is 22.1. The number of rotatable bonds is 10. The molecule has 7 nitrogen and oxygen atoms in total. The number of pyridine rings is 1. The Kier molecular flexibility index (Phi) is 8.82. The number of nitrogens with zero attached hydrogens (tertiary/aromatic N) is 5. The second kappa shape index (κ2) is 11.8. The van der Waals surface area contributed by atoms with E-state index in [0.29, 0.717) is 25.0 Å². The molecule has 1 aromatic heterocycles. The maximum atomic E-state index is 13.8. The van der Waals surface area contributed by atoms with Crippen LogP contribution in [0.2, 0.25) is 0 Å². The number of carbonyl (C=O) groups is 2. The first-order valence-corrected chi connectivity index (χ1v) is 13.9. The van der Waals surface area contributed by atoms with Gasteiger partial charge >= 0.3 is 6.03 Å². The van der Waals surface area contributed by atoms with E-state index in [9.17, 15) is 9.59 Å². The van der Waals surface area contributed by atoms with Gasteiger partial charge in [-0.05, 0) is 94.6 Å². The second-order valence-corrected chi connectivity index (χ2v) is 11.2. The summed E-state index contributed by atoms with van der Waals surface area (Å²) in [6.45, 7) is 13.2. The van der Waals surface area contributed by atoms with Crippen LogP contribution in [0.15, 0.2) is 24.5 Å². The molecule has 0 atom stereocenters. The number of carbonyl (C=O) groups excluding carboxylic acids is 2. The average Bonchev–Trinajstić information content (AvgIpc) is 3.05. The van der Waals surface area contributed by atoms with Crippen molar-refractivity contribution >= 4 is 11.9 Å². The molecule has 3 saturated heterocycles. The van der Waals surface area contributed by atoms with Crippen molar-refractivity contribution in [1.29, 1.82) is 0 Å². The lowest BCUT2D eigenvalue weighted by atomic mass is 9.84. The molecule has 3 aliphatic rings. The van der Waals surface area contributed by atoms with Crippen LogP contribution >= 0.6 is 0 Å². The Labute approximate surface area is 211 Å². The van der Waals surface area contributed by atoms with Crippen molar-refractivity contribution in [2.75, 3.05) is 45.8 Å². The van der Waals surface area contributed by atoms with E-state index in [2.05, 4.69) is 35.6 Å². The van der Waals surface area contributed by atoms with E-state index >= 15 is 0 Å². The largest absolute Gasteiger partial charge is 0.327 e. The molecule has 0 unspecified atom stereocenters. The highest BCUT2D eigenvalue weighted by atomic mass is 16.2. The first-order chi connectivity index (χ1) is 16.9. The third-order valence-corrected chi connectivity index (χ3v) is 8.39. The van der Waals surface area contributed by atoms with Gasteiger partial charge in [0.05, 0.1) is 0 Å². The molecule has 0 aliphatic carbocycles. The summed E-state index contributed by atoms with van der Waals surface area (Å²) in [6.07, 6.45) is 11.4. The smallest absolute Gasteiger partial charge is 0.309 e. The van der Waals surface area contributed by atoms with Crippen molar-refractivity contribution in [3.8, 4) is 0 Å². The number of imide groups is 1. The van der Waals surface area contributed by atoms with Crippen molar-refractivity contribution in [2.45, 2.75) is 83.7 Å². The molecular formula is C28H45N5O2. The van der Waals surface area contributed by atoms with E-state index < -0.39 is 5.54 Å². The van der Waals surface area contributed by atoms with Crippen molar-refractivity contribution in [2.24, 2.45) is 5.92 Å². The molecule has 3 aliphatic heterocycles. The summed E-state index contributed by atoms with van der Waals surface area (Å²) < 4.78 is 0. The zero-order valence-electron chi connectivity index (χ0n) is 22.1. The summed E-state index contributed by atoms with van der Waals surface area (Å²) in [4.78, 5) is 40.1. The Morgan fingerprint density at radius 3 is 2.31 bits per heavy atom. The Balaban J connectivity index is 1.39. The minimum atomic E-state index is -0.637. The number of likely N-dealkylation sites (tertiary alicyclic amines) is 2. The summed E-state index contributed by atoms with van der Waals surface area (Å²) >= 11 is 0. The molecule has 35 heavy (non-hydrogen) atoms. The van der Waals surface area contributed by atoms with Crippen LogP contribution in [0.5, 0.6) is 0 Å². The first-order valence-electron chi connectivity index (χ1n) is 13.9. The molecular weight excluding hydrogens is 438 g/mol. The fourth-order valence-corrected chi connectivity index (χ4v) is 6.23. The predicted molar refractivity (Wildman–Crippen MR) is 139 cm³/mol. The third kappa shape index (κ3) is 5.88. The van der Waals surface area contributed by atoms with Gasteiger partial charge in [-0.25, -0.2) is 4.79 Å². The molecule has 4 rings (SSSR count). The SMILES string of the molecule is CCCN1CCC(N2CCC3(CC2)C(=O)N(CCCc2ccncc2)C(=O)N3CCC(C)C)CC1. The minimum absolute atomic E-state index is 0.0541. The van der Waals surface area contributed by atoms with Gasteiger partial charge in [0.1, 0.15) is 5.54 Å². The maximum absolute atomic E-state index is 13.8. The van der Waals surface area contributed by atoms with Gasteiger partial charge in [0, 0.05) is 44.6 Å². The molecule has 0 bridgehead atoms. The lowest BCUT2D eigenvalue weighted by molar-refractivity contribution is -0.136. The van der Waals surface area contributed by atoms with E-state index in [0.717, 1.165) is 45.2 Å². The molecule has 3 amide bonds. The fourth-order valence-electron chi connectivity index (χ4n) is 6.23. The first kappa shape index (κ1) is 26.1. The van der Waals surface area contributed by atoms with Crippen LogP contribution in [0.4, 0.5) is 4.79 Å². The summed E-state index contributed by atoms with van der Waals surface area (Å²) in [6, 6.07) is 4.57. The second-order valence-electron chi connectivity index (χ2n) is 11.2. The van der Waals surface area contributed by atoms with E-state index in [1.54, 1.807) is 17.3 Å². The van der Waals surface area contributed by atoms with E-state index in [-0.39, 0.29) is 11.9 Å². The van der Waals surface area contributed by atoms with Gasteiger partial charge in [0.15, 0.2) is 0 Å². The van der Waals surface area contributed by atoms with Gasteiger partial charge in [-0.15, -0.1) is 0 Å². The van der Waals surface area contributed by atoms with Gasteiger partial charge in [0.25, 0.3) is 5.91 Å². The normalized spacial score (nSPS) is 22.2. The number of hydrogen-bond donors (Lipinski definition) is 0. The van der Waals surface area contributed by atoms with Crippen molar-refractivity contribution in [3.05, 3.63) is 30.1 Å². The molecule has 0 radical (unpaired) electrons. The zero-order chi connectivity index (χ0) is 24.8. The topological polar surface area (TPSA) is 60.0 Å². The highest BCUT2D eigenvalue weighted by Crippen LogP contribution is 2.39. The van der Waals surface area contributed by atoms with Crippen molar-refractivity contribution < 1.29 is 9.59 Å². The van der Waals surface area contributed by atoms with Crippen LogP contribution in [-0.2, 0) is 11.2 Å². The predicted octanol–water partition coefficient (Wildman–Crippen LogP) is 4.03. The Morgan fingerprint density at radius 1 is 1.00 bits per heavy atom. The van der Waals surface area contributed by atoms with E-state index in [1.165, 1.54) is 44.5 Å². The van der Waals surface area contributed by atoms with E-state index in [4.69, 9.17) is 0 Å². The van der Waals surface area contributed by atoms with Crippen LogP contribution in [0.1, 0.15) is 71.3 Å². The Hall–Kier alpha value is -1.99. The molecule has 0 saturated carbocycles. The number of aryl methyl sites for hydroxylation is 1. The number of aromatic nitrogens is 1. The number of urea groups is 1. The molecule has 194 valence electrons. The average molecular weight is 484 g/mol. The van der Waals surface area contributed by atoms with Gasteiger partial charge in [-0.3, -0.25) is 14.7 Å². The summed E-state index contributed by atoms with van der Waals surface area (Å²) in [5, 5.41) is 0.